The van der Waals surface area contributed by atoms with Gasteiger partial charge in [-0.25, -0.2) is 14.4 Å². The highest BCUT2D eigenvalue weighted by Crippen LogP contribution is 2.30. The van der Waals surface area contributed by atoms with Crippen molar-refractivity contribution in [2.45, 2.75) is 20.0 Å². The fraction of sp³-hybridized carbons (Fsp3) is 0.167. The van der Waals surface area contributed by atoms with Crippen molar-refractivity contribution >= 4 is 39.7 Å². The predicted molar refractivity (Wildman–Crippen MR) is 108 cm³/mol. The standard InChI is InChI=1S/C18H18FN5OS2/c1-11(25)21-9-14-6-7-16(27-14)15-10-26-18(23-15)24-17(20)22-8-12-2-4-13(19)5-3-12/h2-7,10H,8-9H2,1H3,(H,21,25)(H3,20,22,23,24). The van der Waals surface area contributed by atoms with E-state index in [1.54, 1.807) is 23.5 Å². The molecule has 1 amide bonds. The van der Waals surface area contributed by atoms with Gasteiger partial charge >= 0.3 is 0 Å². The molecule has 0 saturated carbocycles. The summed E-state index contributed by atoms with van der Waals surface area (Å²) in [6, 6.07) is 10.1. The lowest BCUT2D eigenvalue weighted by atomic mass is 10.2. The molecule has 2 heterocycles. The quantitative estimate of drug-likeness (QED) is 0.433. The van der Waals surface area contributed by atoms with Gasteiger partial charge in [-0.05, 0) is 29.8 Å². The summed E-state index contributed by atoms with van der Waals surface area (Å²) in [5.74, 6) is -0.0869. The Kier molecular flexibility index (Phi) is 6.15. The van der Waals surface area contributed by atoms with Crippen molar-refractivity contribution in [3.05, 3.63) is 58.0 Å². The Morgan fingerprint density at radius 1 is 1.26 bits per heavy atom. The number of halogens is 1. The molecule has 2 aromatic heterocycles. The average molecular weight is 404 g/mol. The van der Waals surface area contributed by atoms with Crippen LogP contribution in [-0.2, 0) is 17.9 Å². The topological polar surface area (TPSA) is 92.4 Å². The van der Waals surface area contributed by atoms with Crippen LogP contribution >= 0.6 is 22.7 Å². The van der Waals surface area contributed by atoms with E-state index in [2.05, 4.69) is 20.6 Å². The van der Waals surface area contributed by atoms with Crippen molar-refractivity contribution in [3.8, 4) is 10.6 Å². The Morgan fingerprint density at radius 2 is 2.04 bits per heavy atom. The Morgan fingerprint density at radius 3 is 2.78 bits per heavy atom. The number of aliphatic imine (C=N–C) groups is 1. The van der Waals surface area contributed by atoms with E-state index in [0.29, 0.717) is 18.2 Å². The van der Waals surface area contributed by atoms with Crippen LogP contribution in [0.4, 0.5) is 9.52 Å². The molecule has 4 N–H and O–H groups in total. The molecule has 3 rings (SSSR count). The Labute approximate surface area is 164 Å². The fourth-order valence-electron chi connectivity index (χ4n) is 2.18. The first kappa shape index (κ1) is 19.0. The van der Waals surface area contributed by atoms with E-state index < -0.39 is 0 Å². The minimum Gasteiger partial charge on any atom is -0.370 e. The molecule has 0 saturated heterocycles. The minimum absolute atomic E-state index is 0.0551. The van der Waals surface area contributed by atoms with Crippen LogP contribution in [0, 0.1) is 5.82 Å². The van der Waals surface area contributed by atoms with Crippen molar-refractivity contribution in [1.82, 2.24) is 10.3 Å². The lowest BCUT2D eigenvalue weighted by molar-refractivity contribution is -0.119. The SMILES string of the molecule is CC(=O)NCc1ccc(-c2csc(NC(N)=NCc3ccc(F)cc3)n2)s1. The van der Waals surface area contributed by atoms with Crippen molar-refractivity contribution in [2.24, 2.45) is 10.7 Å². The van der Waals surface area contributed by atoms with Crippen LogP contribution in [0.1, 0.15) is 17.4 Å². The van der Waals surface area contributed by atoms with E-state index in [0.717, 1.165) is 21.0 Å². The van der Waals surface area contributed by atoms with Crippen LogP contribution in [0.25, 0.3) is 10.6 Å². The molecule has 0 aliphatic carbocycles. The number of nitrogens with zero attached hydrogens (tertiary/aromatic N) is 2. The third-order valence-electron chi connectivity index (χ3n) is 3.51. The van der Waals surface area contributed by atoms with Gasteiger partial charge in [0.05, 0.1) is 23.7 Å². The molecule has 0 fully saturated rings. The van der Waals surface area contributed by atoms with Gasteiger partial charge in [-0.3, -0.25) is 4.79 Å². The number of carbonyl (C=O) groups is 1. The molecule has 9 heteroatoms. The van der Waals surface area contributed by atoms with Gasteiger partial charge in [0.15, 0.2) is 11.1 Å². The zero-order valence-electron chi connectivity index (χ0n) is 14.5. The van der Waals surface area contributed by atoms with Gasteiger partial charge in [0.1, 0.15) is 5.82 Å². The zero-order valence-corrected chi connectivity index (χ0v) is 16.2. The highest BCUT2D eigenvalue weighted by Gasteiger charge is 2.09. The summed E-state index contributed by atoms with van der Waals surface area (Å²) < 4.78 is 12.9. The molecule has 6 nitrogen and oxygen atoms in total. The van der Waals surface area contributed by atoms with Crippen molar-refractivity contribution < 1.29 is 9.18 Å². The summed E-state index contributed by atoms with van der Waals surface area (Å²) >= 11 is 3.01. The molecular formula is C18H18FN5OS2. The van der Waals surface area contributed by atoms with Gasteiger partial charge in [-0.1, -0.05) is 12.1 Å². The van der Waals surface area contributed by atoms with Crippen molar-refractivity contribution in [1.29, 1.82) is 0 Å². The first-order valence-corrected chi connectivity index (χ1v) is 9.79. The lowest BCUT2D eigenvalue weighted by Gasteiger charge is -2.02. The first-order chi connectivity index (χ1) is 13.0. The summed E-state index contributed by atoms with van der Waals surface area (Å²) in [5.41, 5.74) is 7.60. The molecule has 0 spiro atoms. The summed E-state index contributed by atoms with van der Waals surface area (Å²) in [5, 5.41) is 8.32. The number of carbonyl (C=O) groups excluding carboxylic acids is 1. The van der Waals surface area contributed by atoms with E-state index >= 15 is 0 Å². The number of thiophene rings is 1. The number of hydrogen-bond donors (Lipinski definition) is 3. The van der Waals surface area contributed by atoms with E-state index in [4.69, 9.17) is 5.73 Å². The number of thiazole rings is 1. The average Bonchev–Trinajstić information content (AvgIpc) is 3.28. The van der Waals surface area contributed by atoms with Crippen LogP contribution in [0.3, 0.4) is 0 Å². The van der Waals surface area contributed by atoms with Gasteiger partial charge in [-0.2, -0.15) is 0 Å². The molecule has 0 aliphatic rings. The highest BCUT2D eigenvalue weighted by atomic mass is 32.1. The molecule has 3 aromatic rings. The van der Waals surface area contributed by atoms with Gasteiger partial charge in [0, 0.05) is 17.2 Å². The van der Waals surface area contributed by atoms with Gasteiger partial charge in [0.2, 0.25) is 5.91 Å². The second kappa shape index (κ2) is 8.74. The normalized spacial score (nSPS) is 11.4. The third-order valence-corrected chi connectivity index (χ3v) is 5.38. The van der Waals surface area contributed by atoms with Crippen LogP contribution in [0.15, 0.2) is 46.8 Å². The summed E-state index contributed by atoms with van der Waals surface area (Å²) in [4.78, 5) is 21.8. The minimum atomic E-state index is -0.280. The second-order valence-corrected chi connectivity index (χ2v) is 7.69. The molecule has 1 aromatic carbocycles. The van der Waals surface area contributed by atoms with E-state index in [9.17, 15) is 9.18 Å². The van der Waals surface area contributed by atoms with Gasteiger partial charge in [0.25, 0.3) is 0 Å². The molecular weight excluding hydrogens is 385 g/mol. The molecule has 0 unspecified atom stereocenters. The van der Waals surface area contributed by atoms with Crippen molar-refractivity contribution in [2.75, 3.05) is 5.32 Å². The fourth-order valence-corrected chi connectivity index (χ4v) is 3.88. The highest BCUT2D eigenvalue weighted by molar-refractivity contribution is 7.17. The van der Waals surface area contributed by atoms with E-state index in [1.165, 1.54) is 30.4 Å². The summed E-state index contributed by atoms with van der Waals surface area (Å²) in [7, 11) is 0. The molecule has 0 atom stereocenters. The van der Waals surface area contributed by atoms with Gasteiger partial charge < -0.3 is 16.4 Å². The number of guanidine groups is 1. The molecule has 0 aliphatic heterocycles. The number of benzene rings is 1. The maximum atomic E-state index is 12.9. The number of nitrogens with one attached hydrogen (secondary N) is 2. The number of amides is 1. The largest absolute Gasteiger partial charge is 0.370 e. The first-order valence-electron chi connectivity index (χ1n) is 8.10. The monoisotopic (exact) mass is 403 g/mol. The smallest absolute Gasteiger partial charge is 0.217 e. The maximum Gasteiger partial charge on any atom is 0.217 e. The third kappa shape index (κ3) is 5.60. The molecule has 0 radical (unpaired) electrons. The second-order valence-electron chi connectivity index (χ2n) is 5.67. The number of rotatable bonds is 6. The molecule has 0 bridgehead atoms. The van der Waals surface area contributed by atoms with Crippen LogP contribution in [-0.4, -0.2) is 16.9 Å². The number of nitrogens with two attached hydrogens (primary N) is 1. The lowest BCUT2D eigenvalue weighted by Crippen LogP contribution is -2.22. The number of anilines is 1. The van der Waals surface area contributed by atoms with Gasteiger partial charge in [-0.15, -0.1) is 22.7 Å². The number of hydrogen-bond acceptors (Lipinski definition) is 5. The summed E-state index contributed by atoms with van der Waals surface area (Å²) in [6.07, 6.45) is 0. The van der Waals surface area contributed by atoms with Crippen LogP contribution in [0.2, 0.25) is 0 Å². The van der Waals surface area contributed by atoms with Crippen LogP contribution < -0.4 is 16.4 Å². The zero-order chi connectivity index (χ0) is 19.2. The molecule has 27 heavy (non-hydrogen) atoms. The summed E-state index contributed by atoms with van der Waals surface area (Å²) in [6.45, 7) is 2.36. The Hall–Kier alpha value is -2.78. The van der Waals surface area contributed by atoms with E-state index in [-0.39, 0.29) is 17.7 Å². The predicted octanol–water partition coefficient (Wildman–Crippen LogP) is 3.57. The molecule has 140 valence electrons. The number of aromatic nitrogens is 1. The van der Waals surface area contributed by atoms with Crippen LogP contribution in [0.5, 0.6) is 0 Å². The Balaban J connectivity index is 1.59. The van der Waals surface area contributed by atoms with E-state index in [1.807, 2.05) is 17.5 Å². The van der Waals surface area contributed by atoms with Crippen molar-refractivity contribution in [3.63, 3.8) is 0 Å². The Bertz CT molecular complexity index is 949. The maximum absolute atomic E-state index is 12.9.